The number of rotatable bonds is 5. The van der Waals surface area contributed by atoms with Crippen molar-refractivity contribution in [3.63, 3.8) is 0 Å². The summed E-state index contributed by atoms with van der Waals surface area (Å²) in [4.78, 5) is 12.8. The van der Waals surface area contributed by atoms with Crippen LogP contribution in [0.4, 0.5) is 5.69 Å². The molecule has 2 aromatic rings. The van der Waals surface area contributed by atoms with Gasteiger partial charge in [0.1, 0.15) is 11.5 Å². The third-order valence-electron chi connectivity index (χ3n) is 2.99. The molecule has 4 nitrogen and oxygen atoms in total. The van der Waals surface area contributed by atoms with Gasteiger partial charge in [-0.3, -0.25) is 4.79 Å². The van der Waals surface area contributed by atoms with E-state index in [1.54, 1.807) is 30.3 Å². The van der Waals surface area contributed by atoms with Gasteiger partial charge in [-0.25, -0.2) is 0 Å². The maximum atomic E-state index is 12.8. The number of halogens is 1. The van der Waals surface area contributed by atoms with Crippen LogP contribution in [0.1, 0.15) is 22.8 Å². The number of ketones is 1. The minimum Gasteiger partial charge on any atom is -0.496 e. The molecule has 0 saturated carbocycles. The van der Waals surface area contributed by atoms with Crippen LogP contribution < -0.4 is 15.2 Å². The fourth-order valence-corrected chi connectivity index (χ4v) is 2.42. The molecule has 0 atom stereocenters. The van der Waals surface area contributed by atoms with Gasteiger partial charge in [-0.15, -0.1) is 0 Å². The van der Waals surface area contributed by atoms with E-state index in [0.29, 0.717) is 34.9 Å². The molecule has 0 saturated heterocycles. The first-order chi connectivity index (χ1) is 10.1. The molecule has 0 fully saturated rings. The lowest BCUT2D eigenvalue weighted by Crippen LogP contribution is -2.10. The zero-order chi connectivity index (χ0) is 15.4. The van der Waals surface area contributed by atoms with Crippen LogP contribution in [0.25, 0.3) is 0 Å². The van der Waals surface area contributed by atoms with Gasteiger partial charge in [0.25, 0.3) is 0 Å². The second-order valence-electron chi connectivity index (χ2n) is 4.33. The van der Waals surface area contributed by atoms with E-state index in [0.717, 1.165) is 4.47 Å². The first-order valence-electron chi connectivity index (χ1n) is 6.48. The van der Waals surface area contributed by atoms with Gasteiger partial charge in [0.2, 0.25) is 5.78 Å². The zero-order valence-corrected chi connectivity index (χ0v) is 13.4. The van der Waals surface area contributed by atoms with Crippen LogP contribution in [0.2, 0.25) is 0 Å². The average Bonchev–Trinajstić information content (AvgIpc) is 2.47. The van der Waals surface area contributed by atoms with Crippen molar-refractivity contribution < 1.29 is 14.3 Å². The average molecular weight is 350 g/mol. The highest BCUT2D eigenvalue weighted by Crippen LogP contribution is 2.31. The maximum absolute atomic E-state index is 12.8. The number of nitrogen functional groups attached to an aromatic ring is 1. The van der Waals surface area contributed by atoms with Crippen LogP contribution in [0.15, 0.2) is 40.9 Å². The zero-order valence-electron chi connectivity index (χ0n) is 11.9. The van der Waals surface area contributed by atoms with Crippen LogP contribution in [-0.4, -0.2) is 19.5 Å². The smallest absolute Gasteiger partial charge is 0.202 e. The summed E-state index contributed by atoms with van der Waals surface area (Å²) in [5.74, 6) is 0.744. The molecule has 2 rings (SSSR count). The van der Waals surface area contributed by atoms with E-state index in [4.69, 9.17) is 15.2 Å². The lowest BCUT2D eigenvalue weighted by molar-refractivity contribution is 0.103. The molecule has 0 aliphatic heterocycles. The van der Waals surface area contributed by atoms with E-state index >= 15 is 0 Å². The van der Waals surface area contributed by atoms with Crippen molar-refractivity contribution >= 4 is 27.4 Å². The van der Waals surface area contributed by atoms with Crippen LogP contribution in [0.3, 0.4) is 0 Å². The Morgan fingerprint density at radius 1 is 1.24 bits per heavy atom. The minimum atomic E-state index is -0.227. The Labute approximate surface area is 132 Å². The summed E-state index contributed by atoms with van der Waals surface area (Å²) < 4.78 is 11.6. The molecule has 5 heteroatoms. The molecular formula is C16H16BrNO3. The molecule has 0 aromatic heterocycles. The highest BCUT2D eigenvalue weighted by Gasteiger charge is 2.21. The summed E-state index contributed by atoms with van der Waals surface area (Å²) in [5, 5.41) is 0. The molecule has 0 unspecified atom stereocenters. The van der Waals surface area contributed by atoms with Gasteiger partial charge in [-0.05, 0) is 37.3 Å². The van der Waals surface area contributed by atoms with Gasteiger partial charge in [-0.1, -0.05) is 22.0 Å². The van der Waals surface area contributed by atoms with Crippen molar-refractivity contribution in [1.29, 1.82) is 0 Å². The fourth-order valence-electron chi connectivity index (χ4n) is 2.06. The molecular weight excluding hydrogens is 334 g/mol. The summed E-state index contributed by atoms with van der Waals surface area (Å²) >= 11 is 3.36. The SMILES string of the molecule is CCOc1cccc(N)c1C(=O)c1cc(Br)ccc1OC. The lowest BCUT2D eigenvalue weighted by atomic mass is 10.00. The number of ether oxygens (including phenoxy) is 2. The molecule has 21 heavy (non-hydrogen) atoms. The molecule has 0 bridgehead atoms. The van der Waals surface area contributed by atoms with Crippen molar-refractivity contribution in [1.82, 2.24) is 0 Å². The van der Waals surface area contributed by atoms with Gasteiger partial charge in [0.05, 0.1) is 24.8 Å². The van der Waals surface area contributed by atoms with Crippen molar-refractivity contribution in [3.05, 3.63) is 52.0 Å². The van der Waals surface area contributed by atoms with Crippen molar-refractivity contribution in [3.8, 4) is 11.5 Å². The number of benzene rings is 2. The Morgan fingerprint density at radius 2 is 2.00 bits per heavy atom. The Hall–Kier alpha value is -2.01. The van der Waals surface area contributed by atoms with Crippen LogP contribution in [0.5, 0.6) is 11.5 Å². The van der Waals surface area contributed by atoms with Crippen LogP contribution in [0, 0.1) is 0 Å². The van der Waals surface area contributed by atoms with Gasteiger partial charge < -0.3 is 15.2 Å². The van der Waals surface area contributed by atoms with Gasteiger partial charge >= 0.3 is 0 Å². The highest BCUT2D eigenvalue weighted by atomic mass is 79.9. The Morgan fingerprint density at radius 3 is 2.67 bits per heavy atom. The molecule has 0 heterocycles. The summed E-state index contributed by atoms with van der Waals surface area (Å²) in [5.41, 5.74) is 7.14. The predicted molar refractivity (Wildman–Crippen MR) is 86.1 cm³/mol. The molecule has 2 N–H and O–H groups in total. The second-order valence-corrected chi connectivity index (χ2v) is 5.24. The first kappa shape index (κ1) is 15.4. The molecule has 0 aliphatic rings. The topological polar surface area (TPSA) is 61.5 Å². The van der Waals surface area contributed by atoms with Crippen molar-refractivity contribution in [2.24, 2.45) is 0 Å². The van der Waals surface area contributed by atoms with E-state index in [2.05, 4.69) is 15.9 Å². The maximum Gasteiger partial charge on any atom is 0.202 e. The van der Waals surface area contributed by atoms with Crippen LogP contribution in [-0.2, 0) is 0 Å². The summed E-state index contributed by atoms with van der Waals surface area (Å²) in [7, 11) is 1.53. The number of hydrogen-bond acceptors (Lipinski definition) is 4. The summed E-state index contributed by atoms with van der Waals surface area (Å²) in [6.45, 7) is 2.32. The molecule has 0 amide bonds. The second kappa shape index (κ2) is 6.63. The molecule has 110 valence electrons. The lowest BCUT2D eigenvalue weighted by Gasteiger charge is -2.13. The number of hydrogen-bond donors (Lipinski definition) is 1. The summed E-state index contributed by atoms with van der Waals surface area (Å²) in [6, 6.07) is 10.4. The molecule has 0 radical (unpaired) electrons. The Bertz CT molecular complexity index is 671. The number of carbonyl (C=O) groups excluding carboxylic acids is 1. The number of methoxy groups -OCH3 is 1. The van der Waals surface area contributed by atoms with E-state index < -0.39 is 0 Å². The first-order valence-corrected chi connectivity index (χ1v) is 7.27. The highest BCUT2D eigenvalue weighted by molar-refractivity contribution is 9.10. The predicted octanol–water partition coefficient (Wildman–Crippen LogP) is 3.67. The number of carbonyl (C=O) groups is 1. The third-order valence-corrected chi connectivity index (χ3v) is 3.48. The van der Waals surface area contributed by atoms with E-state index in [-0.39, 0.29) is 5.78 Å². The van der Waals surface area contributed by atoms with Gasteiger partial charge in [-0.2, -0.15) is 0 Å². The van der Waals surface area contributed by atoms with Crippen molar-refractivity contribution in [2.75, 3.05) is 19.5 Å². The van der Waals surface area contributed by atoms with Gasteiger partial charge in [0, 0.05) is 10.2 Å². The molecule has 0 spiro atoms. The third kappa shape index (κ3) is 3.19. The van der Waals surface area contributed by atoms with E-state index in [9.17, 15) is 4.79 Å². The monoisotopic (exact) mass is 349 g/mol. The van der Waals surface area contributed by atoms with Gasteiger partial charge in [0.15, 0.2) is 0 Å². The standard InChI is InChI=1S/C16H16BrNO3/c1-3-21-14-6-4-5-12(18)15(14)16(19)11-9-10(17)7-8-13(11)20-2/h4-9H,3,18H2,1-2H3. The largest absolute Gasteiger partial charge is 0.496 e. The van der Waals surface area contributed by atoms with Crippen LogP contribution >= 0.6 is 15.9 Å². The fraction of sp³-hybridized carbons (Fsp3) is 0.188. The van der Waals surface area contributed by atoms with Crippen molar-refractivity contribution in [2.45, 2.75) is 6.92 Å². The normalized spacial score (nSPS) is 10.2. The Kier molecular flexibility index (Phi) is 4.85. The summed E-state index contributed by atoms with van der Waals surface area (Å²) in [6.07, 6.45) is 0. The molecule has 0 aliphatic carbocycles. The Balaban J connectivity index is 2.57. The minimum absolute atomic E-state index is 0.227. The number of nitrogens with two attached hydrogens (primary N) is 1. The molecule has 2 aromatic carbocycles. The quantitative estimate of drug-likeness (QED) is 0.660. The number of anilines is 1. The van der Waals surface area contributed by atoms with E-state index in [1.165, 1.54) is 7.11 Å². The van der Waals surface area contributed by atoms with E-state index in [1.807, 2.05) is 13.0 Å².